The predicted molar refractivity (Wildman–Crippen MR) is 64.8 cm³/mol. The Hall–Kier alpha value is -1.61. The molecule has 1 aromatic heterocycles. The van der Waals surface area contributed by atoms with Crippen LogP contribution >= 0.6 is 11.6 Å². The lowest BCUT2D eigenvalue weighted by Crippen LogP contribution is -2.22. The predicted octanol–water partition coefficient (Wildman–Crippen LogP) is 2.59. The Kier molecular flexibility index (Phi) is 2.79. The van der Waals surface area contributed by atoms with Crippen molar-refractivity contribution in [2.24, 2.45) is 0 Å². The third-order valence-electron chi connectivity index (χ3n) is 2.32. The van der Waals surface area contributed by atoms with E-state index in [1.54, 1.807) is 20.2 Å². The second-order valence-electron chi connectivity index (χ2n) is 3.71. The lowest BCUT2D eigenvalue weighted by atomic mass is 10.1. The number of aromatic nitrogens is 1. The maximum atomic E-state index is 12.0. The van der Waals surface area contributed by atoms with E-state index < -0.39 is 0 Å². The summed E-state index contributed by atoms with van der Waals surface area (Å²) in [5.74, 6) is -0.0690. The Bertz CT molecular complexity index is 552. The highest BCUT2D eigenvalue weighted by molar-refractivity contribution is 6.30. The first-order valence-electron chi connectivity index (χ1n) is 4.86. The third kappa shape index (κ3) is 1.86. The van der Waals surface area contributed by atoms with Crippen molar-refractivity contribution in [3.05, 3.63) is 41.0 Å². The Balaban J connectivity index is 2.72. The molecule has 1 heterocycles. The summed E-state index contributed by atoms with van der Waals surface area (Å²) in [7, 11) is 3.43. The summed E-state index contributed by atoms with van der Waals surface area (Å²) in [4.78, 5) is 17.6. The molecule has 0 bridgehead atoms. The highest BCUT2D eigenvalue weighted by atomic mass is 35.5. The minimum Gasteiger partial charge on any atom is -0.345 e. The van der Waals surface area contributed by atoms with Crippen molar-refractivity contribution in [3.8, 4) is 0 Å². The van der Waals surface area contributed by atoms with Crippen LogP contribution in [0.3, 0.4) is 0 Å². The molecule has 0 aliphatic rings. The minimum absolute atomic E-state index is 0.0690. The SMILES string of the molecule is CN(C)C(=O)c1cc(Cl)nc2ccccc12. The molecular weight excluding hydrogens is 224 g/mol. The van der Waals surface area contributed by atoms with Crippen LogP contribution in [0.1, 0.15) is 10.4 Å². The Morgan fingerprint density at radius 3 is 2.69 bits per heavy atom. The van der Waals surface area contributed by atoms with Gasteiger partial charge in [-0.1, -0.05) is 29.8 Å². The second kappa shape index (κ2) is 4.10. The average Bonchev–Trinajstić information content (AvgIpc) is 2.26. The van der Waals surface area contributed by atoms with Crippen molar-refractivity contribution in [2.75, 3.05) is 14.1 Å². The first-order chi connectivity index (χ1) is 7.59. The number of fused-ring (bicyclic) bond motifs is 1. The summed E-state index contributed by atoms with van der Waals surface area (Å²) < 4.78 is 0. The lowest BCUT2D eigenvalue weighted by molar-refractivity contribution is 0.0829. The molecule has 0 atom stereocenters. The van der Waals surface area contributed by atoms with E-state index in [-0.39, 0.29) is 5.91 Å². The Morgan fingerprint density at radius 1 is 1.31 bits per heavy atom. The van der Waals surface area contributed by atoms with E-state index >= 15 is 0 Å². The highest BCUT2D eigenvalue weighted by Gasteiger charge is 2.13. The highest BCUT2D eigenvalue weighted by Crippen LogP contribution is 2.21. The quantitative estimate of drug-likeness (QED) is 0.711. The molecule has 0 fully saturated rings. The van der Waals surface area contributed by atoms with Crippen LogP contribution < -0.4 is 0 Å². The topological polar surface area (TPSA) is 33.2 Å². The summed E-state index contributed by atoms with van der Waals surface area (Å²) in [6.07, 6.45) is 0. The molecule has 1 amide bonds. The lowest BCUT2D eigenvalue weighted by Gasteiger charge is -2.12. The number of benzene rings is 1. The first kappa shape index (κ1) is 10.9. The standard InChI is InChI=1S/C12H11ClN2O/c1-15(2)12(16)9-7-11(13)14-10-6-4-3-5-8(9)10/h3-7H,1-2H3. The molecule has 4 heteroatoms. The molecule has 0 saturated carbocycles. The van der Waals surface area contributed by atoms with Crippen molar-refractivity contribution in [1.82, 2.24) is 9.88 Å². The molecule has 0 spiro atoms. The zero-order valence-corrected chi connectivity index (χ0v) is 9.82. The number of carbonyl (C=O) groups is 1. The van der Waals surface area contributed by atoms with Gasteiger partial charge in [-0.2, -0.15) is 0 Å². The molecule has 0 unspecified atom stereocenters. The largest absolute Gasteiger partial charge is 0.345 e. The number of nitrogens with zero attached hydrogens (tertiary/aromatic N) is 2. The number of halogens is 1. The van der Waals surface area contributed by atoms with E-state index in [0.717, 1.165) is 10.9 Å². The van der Waals surface area contributed by atoms with Gasteiger partial charge in [-0.3, -0.25) is 4.79 Å². The van der Waals surface area contributed by atoms with E-state index in [4.69, 9.17) is 11.6 Å². The van der Waals surface area contributed by atoms with E-state index in [2.05, 4.69) is 4.98 Å². The van der Waals surface area contributed by atoms with Crippen LogP contribution in [0.5, 0.6) is 0 Å². The zero-order chi connectivity index (χ0) is 11.7. The van der Waals surface area contributed by atoms with Gasteiger partial charge in [0.05, 0.1) is 11.1 Å². The van der Waals surface area contributed by atoms with Gasteiger partial charge in [0, 0.05) is 19.5 Å². The van der Waals surface area contributed by atoms with Crippen molar-refractivity contribution < 1.29 is 4.79 Å². The fraction of sp³-hybridized carbons (Fsp3) is 0.167. The van der Waals surface area contributed by atoms with Crippen LogP contribution in [-0.2, 0) is 0 Å². The first-order valence-corrected chi connectivity index (χ1v) is 5.24. The van der Waals surface area contributed by atoms with Gasteiger partial charge < -0.3 is 4.90 Å². The number of amides is 1. The smallest absolute Gasteiger partial charge is 0.254 e. The zero-order valence-electron chi connectivity index (χ0n) is 9.07. The molecule has 16 heavy (non-hydrogen) atoms. The second-order valence-corrected chi connectivity index (χ2v) is 4.10. The van der Waals surface area contributed by atoms with Crippen LogP contribution in [0.15, 0.2) is 30.3 Å². The Morgan fingerprint density at radius 2 is 2.00 bits per heavy atom. The van der Waals surface area contributed by atoms with E-state index in [1.807, 2.05) is 24.3 Å². The molecular formula is C12H11ClN2O. The Labute approximate surface area is 98.7 Å². The molecule has 0 N–H and O–H groups in total. The van der Waals surface area contributed by atoms with Gasteiger partial charge in [0.25, 0.3) is 5.91 Å². The van der Waals surface area contributed by atoms with Gasteiger partial charge in [0.1, 0.15) is 5.15 Å². The molecule has 0 aliphatic heterocycles. The van der Waals surface area contributed by atoms with Crippen LogP contribution in [-0.4, -0.2) is 29.9 Å². The van der Waals surface area contributed by atoms with Crippen molar-refractivity contribution >= 4 is 28.4 Å². The average molecular weight is 235 g/mol. The monoisotopic (exact) mass is 234 g/mol. The summed E-state index contributed by atoms with van der Waals surface area (Å²) in [6.45, 7) is 0. The van der Waals surface area contributed by atoms with Gasteiger partial charge in [0.2, 0.25) is 0 Å². The maximum absolute atomic E-state index is 12.0. The van der Waals surface area contributed by atoms with Gasteiger partial charge in [-0.15, -0.1) is 0 Å². The van der Waals surface area contributed by atoms with E-state index in [1.165, 1.54) is 4.90 Å². The fourth-order valence-electron chi connectivity index (χ4n) is 1.56. The van der Waals surface area contributed by atoms with Crippen molar-refractivity contribution in [2.45, 2.75) is 0 Å². The number of hydrogen-bond acceptors (Lipinski definition) is 2. The number of para-hydroxylation sites is 1. The van der Waals surface area contributed by atoms with Gasteiger partial charge in [-0.25, -0.2) is 4.98 Å². The molecule has 2 aromatic rings. The number of hydrogen-bond donors (Lipinski definition) is 0. The summed E-state index contributed by atoms with van der Waals surface area (Å²) >= 11 is 5.89. The third-order valence-corrected chi connectivity index (χ3v) is 2.52. The summed E-state index contributed by atoms with van der Waals surface area (Å²) in [5, 5.41) is 1.16. The molecule has 3 nitrogen and oxygen atoms in total. The molecule has 82 valence electrons. The normalized spacial score (nSPS) is 10.4. The van der Waals surface area contributed by atoms with Gasteiger partial charge in [-0.05, 0) is 12.1 Å². The molecule has 0 aliphatic carbocycles. The number of pyridine rings is 1. The van der Waals surface area contributed by atoms with Crippen LogP contribution in [0.4, 0.5) is 0 Å². The summed E-state index contributed by atoms with van der Waals surface area (Å²) in [5.41, 5.74) is 1.32. The van der Waals surface area contributed by atoms with E-state index in [9.17, 15) is 4.79 Å². The van der Waals surface area contributed by atoms with Crippen LogP contribution in [0.2, 0.25) is 5.15 Å². The maximum Gasteiger partial charge on any atom is 0.254 e. The van der Waals surface area contributed by atoms with Crippen LogP contribution in [0, 0.1) is 0 Å². The van der Waals surface area contributed by atoms with E-state index in [0.29, 0.717) is 10.7 Å². The number of carbonyl (C=O) groups excluding carboxylic acids is 1. The molecule has 1 aromatic carbocycles. The van der Waals surface area contributed by atoms with Gasteiger partial charge >= 0.3 is 0 Å². The van der Waals surface area contributed by atoms with Crippen LogP contribution in [0.25, 0.3) is 10.9 Å². The van der Waals surface area contributed by atoms with Crippen molar-refractivity contribution in [3.63, 3.8) is 0 Å². The number of rotatable bonds is 1. The minimum atomic E-state index is -0.0690. The molecule has 0 saturated heterocycles. The summed E-state index contributed by atoms with van der Waals surface area (Å²) in [6, 6.07) is 9.06. The molecule has 0 radical (unpaired) electrons. The molecule has 2 rings (SSSR count). The van der Waals surface area contributed by atoms with Crippen molar-refractivity contribution in [1.29, 1.82) is 0 Å². The van der Waals surface area contributed by atoms with Gasteiger partial charge in [0.15, 0.2) is 0 Å². The fourth-order valence-corrected chi connectivity index (χ4v) is 1.76.